The first-order valence-corrected chi connectivity index (χ1v) is 10.2. The first-order valence-electron chi connectivity index (χ1n) is 9.77. The maximum absolute atomic E-state index is 14.6. The summed E-state index contributed by atoms with van der Waals surface area (Å²) < 4.78 is 14.6. The molecule has 1 heterocycles. The van der Waals surface area contributed by atoms with E-state index in [4.69, 9.17) is 16.9 Å². The van der Waals surface area contributed by atoms with Gasteiger partial charge in [-0.2, -0.15) is 5.26 Å². The second-order valence-electron chi connectivity index (χ2n) is 7.33. The SMILES string of the molecule is N#Cc1ccc(NC(=O)C(O)CN2CCc3cc(F)c(-c4ccccc4)cc32)cc1Cl. The van der Waals surface area contributed by atoms with Crippen LogP contribution in [0.1, 0.15) is 11.1 Å². The van der Waals surface area contributed by atoms with Gasteiger partial charge >= 0.3 is 0 Å². The zero-order chi connectivity index (χ0) is 22.0. The lowest BCUT2D eigenvalue weighted by molar-refractivity contribution is -0.123. The fraction of sp³-hybridized carbons (Fsp3) is 0.167. The number of rotatable bonds is 5. The molecule has 2 N–H and O–H groups in total. The highest BCUT2D eigenvalue weighted by atomic mass is 35.5. The van der Waals surface area contributed by atoms with Crippen LogP contribution in [0.5, 0.6) is 0 Å². The van der Waals surface area contributed by atoms with Crippen molar-refractivity contribution >= 4 is 28.9 Å². The molecule has 1 unspecified atom stereocenters. The van der Waals surface area contributed by atoms with Gasteiger partial charge in [0.2, 0.25) is 0 Å². The molecule has 0 fully saturated rings. The van der Waals surface area contributed by atoms with Gasteiger partial charge < -0.3 is 15.3 Å². The van der Waals surface area contributed by atoms with Crippen molar-refractivity contribution in [2.75, 3.05) is 23.3 Å². The summed E-state index contributed by atoms with van der Waals surface area (Å²) >= 11 is 5.99. The average molecular weight is 436 g/mol. The molecule has 1 amide bonds. The lowest BCUT2D eigenvalue weighted by atomic mass is 10.0. The second-order valence-corrected chi connectivity index (χ2v) is 7.74. The summed E-state index contributed by atoms with van der Waals surface area (Å²) in [5, 5.41) is 22.2. The van der Waals surface area contributed by atoms with Crippen molar-refractivity contribution < 1.29 is 14.3 Å². The van der Waals surface area contributed by atoms with Crippen LogP contribution >= 0.6 is 11.6 Å². The molecule has 0 bridgehead atoms. The van der Waals surface area contributed by atoms with Crippen molar-refractivity contribution in [3.05, 3.63) is 82.6 Å². The molecule has 0 aliphatic carbocycles. The number of nitriles is 1. The smallest absolute Gasteiger partial charge is 0.255 e. The third-order valence-electron chi connectivity index (χ3n) is 5.30. The van der Waals surface area contributed by atoms with E-state index in [1.54, 1.807) is 12.1 Å². The Balaban J connectivity index is 1.49. The number of aliphatic hydroxyl groups excluding tert-OH is 1. The van der Waals surface area contributed by atoms with E-state index in [1.807, 2.05) is 41.3 Å². The van der Waals surface area contributed by atoms with E-state index in [2.05, 4.69) is 5.32 Å². The van der Waals surface area contributed by atoms with Crippen molar-refractivity contribution in [3.8, 4) is 17.2 Å². The Morgan fingerprint density at radius 1 is 1.23 bits per heavy atom. The van der Waals surface area contributed by atoms with E-state index in [0.717, 1.165) is 16.8 Å². The molecule has 0 saturated heterocycles. The van der Waals surface area contributed by atoms with Crippen LogP contribution in [0.2, 0.25) is 5.02 Å². The number of hydrogen-bond acceptors (Lipinski definition) is 4. The minimum Gasteiger partial charge on any atom is -0.381 e. The average Bonchev–Trinajstić information content (AvgIpc) is 3.15. The highest BCUT2D eigenvalue weighted by molar-refractivity contribution is 6.32. The number of nitrogens with one attached hydrogen (secondary N) is 1. The number of nitrogens with zero attached hydrogens (tertiary/aromatic N) is 2. The lowest BCUT2D eigenvalue weighted by Gasteiger charge is -2.23. The minimum absolute atomic E-state index is 0.0721. The molecule has 4 rings (SSSR count). The maximum Gasteiger partial charge on any atom is 0.255 e. The van der Waals surface area contributed by atoms with E-state index in [1.165, 1.54) is 18.2 Å². The molecule has 0 spiro atoms. The van der Waals surface area contributed by atoms with Crippen LogP contribution in [-0.2, 0) is 11.2 Å². The molecule has 0 saturated carbocycles. The highest BCUT2D eigenvalue weighted by Crippen LogP contribution is 2.35. The number of hydrogen-bond donors (Lipinski definition) is 2. The Morgan fingerprint density at radius 2 is 2.00 bits per heavy atom. The van der Waals surface area contributed by atoms with Crippen LogP contribution in [-0.4, -0.2) is 30.2 Å². The quantitative estimate of drug-likeness (QED) is 0.623. The molecular formula is C24H19ClFN3O2. The Hall–Kier alpha value is -3.40. The Bertz CT molecular complexity index is 1180. The number of benzene rings is 3. The van der Waals surface area contributed by atoms with Crippen LogP contribution in [0.3, 0.4) is 0 Å². The molecule has 1 aliphatic heterocycles. The molecule has 1 atom stereocenters. The number of halogens is 2. The number of fused-ring (bicyclic) bond motifs is 1. The third-order valence-corrected chi connectivity index (χ3v) is 5.61. The van der Waals surface area contributed by atoms with Gasteiger partial charge in [-0.05, 0) is 47.9 Å². The van der Waals surface area contributed by atoms with E-state index in [0.29, 0.717) is 29.8 Å². The summed E-state index contributed by atoms with van der Waals surface area (Å²) in [6.07, 6.45) is -0.661. The zero-order valence-electron chi connectivity index (χ0n) is 16.5. The molecule has 7 heteroatoms. The normalized spacial score (nSPS) is 13.4. The molecule has 31 heavy (non-hydrogen) atoms. The number of β-amino-alcohol motifs (C(OH)–C–C–N with tert-alkyl or cyclic N) is 1. The largest absolute Gasteiger partial charge is 0.381 e. The van der Waals surface area contributed by atoms with Gasteiger partial charge in [0.05, 0.1) is 17.1 Å². The van der Waals surface area contributed by atoms with Crippen LogP contribution in [0.15, 0.2) is 60.7 Å². The number of anilines is 2. The van der Waals surface area contributed by atoms with Gasteiger partial charge in [-0.3, -0.25) is 4.79 Å². The first-order chi connectivity index (χ1) is 15.0. The summed E-state index contributed by atoms with van der Waals surface area (Å²) in [5.41, 5.74) is 3.61. The number of carbonyl (C=O) groups excluding carboxylic acids is 1. The van der Waals surface area contributed by atoms with Crippen molar-refractivity contribution in [1.82, 2.24) is 0 Å². The molecule has 3 aromatic rings. The molecule has 0 aromatic heterocycles. The summed E-state index contributed by atoms with van der Waals surface area (Å²) in [4.78, 5) is 14.4. The topological polar surface area (TPSA) is 76.4 Å². The van der Waals surface area contributed by atoms with Gasteiger partial charge in [0.15, 0.2) is 6.10 Å². The number of amides is 1. The Kier molecular flexibility index (Phi) is 5.90. The molecular weight excluding hydrogens is 417 g/mol. The summed E-state index contributed by atoms with van der Waals surface area (Å²) in [5.74, 6) is -0.873. The van der Waals surface area contributed by atoms with E-state index < -0.39 is 12.0 Å². The van der Waals surface area contributed by atoms with E-state index >= 15 is 0 Å². The number of carbonyl (C=O) groups is 1. The van der Waals surface area contributed by atoms with E-state index in [-0.39, 0.29) is 17.4 Å². The molecule has 156 valence electrons. The predicted octanol–water partition coefficient (Wildman–Crippen LogP) is 4.38. The Morgan fingerprint density at radius 3 is 2.71 bits per heavy atom. The minimum atomic E-state index is -1.30. The monoisotopic (exact) mass is 435 g/mol. The summed E-state index contributed by atoms with van der Waals surface area (Å²) in [7, 11) is 0. The molecule has 3 aromatic carbocycles. The second kappa shape index (κ2) is 8.76. The Labute approximate surface area is 184 Å². The standard InChI is InChI=1S/C24H19ClFN3O2/c25-20-11-18(7-6-17(20)13-27)28-24(31)23(30)14-29-9-8-16-10-21(26)19(12-22(16)29)15-4-2-1-3-5-15/h1-7,10-12,23,30H,8-9,14H2,(H,28,31). The van der Waals surface area contributed by atoms with Crippen LogP contribution in [0.25, 0.3) is 11.1 Å². The van der Waals surface area contributed by atoms with Crippen molar-refractivity contribution in [3.63, 3.8) is 0 Å². The predicted molar refractivity (Wildman–Crippen MR) is 119 cm³/mol. The summed E-state index contributed by atoms with van der Waals surface area (Å²) in [6.45, 7) is 0.656. The van der Waals surface area contributed by atoms with Crippen LogP contribution in [0, 0.1) is 17.1 Å². The van der Waals surface area contributed by atoms with Gasteiger partial charge in [0, 0.05) is 23.5 Å². The first kappa shape index (κ1) is 20.9. The zero-order valence-corrected chi connectivity index (χ0v) is 17.2. The third kappa shape index (κ3) is 4.38. The van der Waals surface area contributed by atoms with Gasteiger partial charge in [0.25, 0.3) is 5.91 Å². The fourth-order valence-corrected chi connectivity index (χ4v) is 3.93. The van der Waals surface area contributed by atoms with E-state index in [9.17, 15) is 14.3 Å². The number of aliphatic hydroxyl groups is 1. The fourth-order valence-electron chi connectivity index (χ4n) is 3.70. The van der Waals surface area contributed by atoms with Gasteiger partial charge in [-0.25, -0.2) is 4.39 Å². The summed E-state index contributed by atoms with van der Waals surface area (Å²) in [6, 6.07) is 19.0. The molecule has 0 radical (unpaired) electrons. The lowest BCUT2D eigenvalue weighted by Crippen LogP contribution is -2.39. The van der Waals surface area contributed by atoms with Gasteiger partial charge in [-0.15, -0.1) is 0 Å². The van der Waals surface area contributed by atoms with Gasteiger partial charge in [-0.1, -0.05) is 41.9 Å². The van der Waals surface area contributed by atoms with Crippen molar-refractivity contribution in [2.24, 2.45) is 0 Å². The maximum atomic E-state index is 14.6. The highest BCUT2D eigenvalue weighted by Gasteiger charge is 2.26. The van der Waals surface area contributed by atoms with Crippen LogP contribution in [0.4, 0.5) is 15.8 Å². The van der Waals surface area contributed by atoms with Gasteiger partial charge in [0.1, 0.15) is 11.9 Å². The van der Waals surface area contributed by atoms with Crippen molar-refractivity contribution in [2.45, 2.75) is 12.5 Å². The van der Waals surface area contributed by atoms with Crippen LogP contribution < -0.4 is 10.2 Å². The molecule has 5 nitrogen and oxygen atoms in total. The molecule has 1 aliphatic rings. The van der Waals surface area contributed by atoms with Crippen molar-refractivity contribution in [1.29, 1.82) is 5.26 Å².